The fourth-order valence-electron chi connectivity index (χ4n) is 3.67. The zero-order chi connectivity index (χ0) is 21.5. The summed E-state index contributed by atoms with van der Waals surface area (Å²) in [6.45, 7) is 6.54. The second-order valence-electron chi connectivity index (χ2n) is 7.70. The highest BCUT2D eigenvalue weighted by Crippen LogP contribution is 2.32. The van der Waals surface area contributed by atoms with E-state index in [0.29, 0.717) is 50.4 Å². The maximum absolute atomic E-state index is 14.1. The summed E-state index contributed by atoms with van der Waals surface area (Å²) in [5.74, 6) is -0.0217. The number of carbonyl (C=O) groups excluding carboxylic acids is 1. The normalized spacial score (nSPS) is 20.1. The highest BCUT2D eigenvalue weighted by Gasteiger charge is 2.33. The van der Waals surface area contributed by atoms with E-state index in [1.807, 2.05) is 11.8 Å². The highest BCUT2D eigenvalue weighted by molar-refractivity contribution is 5.80. The van der Waals surface area contributed by atoms with Crippen molar-refractivity contribution in [3.63, 3.8) is 0 Å². The molecule has 0 aromatic heterocycles. The maximum Gasteiger partial charge on any atom is 0.407 e. The molecule has 1 saturated carbocycles. The van der Waals surface area contributed by atoms with Gasteiger partial charge in [0.05, 0.1) is 24.9 Å². The van der Waals surface area contributed by atoms with Crippen molar-refractivity contribution >= 4 is 17.7 Å². The lowest BCUT2D eigenvalue weighted by atomic mass is 10.2. The summed E-state index contributed by atoms with van der Waals surface area (Å²) in [7, 11) is 0. The Morgan fingerprint density at radius 1 is 1.30 bits per heavy atom. The van der Waals surface area contributed by atoms with Crippen molar-refractivity contribution < 1.29 is 18.3 Å². The lowest BCUT2D eigenvalue weighted by molar-refractivity contribution is 0.147. The number of halogens is 2. The Hall–Kier alpha value is -2.58. The molecule has 1 aliphatic heterocycles. The Kier molecular flexibility index (Phi) is 7.70. The van der Waals surface area contributed by atoms with Crippen molar-refractivity contribution in [3.8, 4) is 0 Å². The zero-order valence-electron chi connectivity index (χ0n) is 17.6. The van der Waals surface area contributed by atoms with Crippen LogP contribution in [0.1, 0.15) is 33.1 Å². The van der Waals surface area contributed by atoms with Crippen molar-refractivity contribution in [1.82, 2.24) is 16.0 Å². The Balaban J connectivity index is 1.57. The largest absolute Gasteiger partial charge is 0.450 e. The van der Waals surface area contributed by atoms with Crippen LogP contribution in [0.25, 0.3) is 0 Å². The molecule has 0 radical (unpaired) electrons. The van der Waals surface area contributed by atoms with Crippen molar-refractivity contribution in [2.75, 3.05) is 37.7 Å². The van der Waals surface area contributed by atoms with Gasteiger partial charge in [-0.05, 0) is 51.2 Å². The molecule has 7 nitrogen and oxygen atoms in total. The van der Waals surface area contributed by atoms with Gasteiger partial charge in [0, 0.05) is 31.7 Å². The number of ether oxygens (including phenoxy) is 1. The predicted octanol–water partition coefficient (Wildman–Crippen LogP) is 2.62. The van der Waals surface area contributed by atoms with E-state index in [1.54, 1.807) is 6.92 Å². The van der Waals surface area contributed by atoms with Crippen LogP contribution >= 0.6 is 0 Å². The molecule has 2 unspecified atom stereocenters. The van der Waals surface area contributed by atoms with Gasteiger partial charge >= 0.3 is 6.09 Å². The minimum absolute atomic E-state index is 0.0482. The number of hydrogen-bond acceptors (Lipinski definition) is 4. The lowest BCUT2D eigenvalue weighted by Gasteiger charge is -2.21. The topological polar surface area (TPSA) is 78.0 Å². The van der Waals surface area contributed by atoms with Crippen LogP contribution in [0.5, 0.6) is 0 Å². The number of amides is 1. The molecule has 0 spiro atoms. The maximum atomic E-state index is 14.1. The molecule has 2 fully saturated rings. The van der Waals surface area contributed by atoms with Crippen LogP contribution in [0.3, 0.4) is 0 Å². The molecule has 2 aliphatic rings. The Bertz CT molecular complexity index is 757. The van der Waals surface area contributed by atoms with Gasteiger partial charge in [0.25, 0.3) is 0 Å². The first-order valence-corrected chi connectivity index (χ1v) is 10.7. The summed E-state index contributed by atoms with van der Waals surface area (Å²) < 4.78 is 32.2. The first-order chi connectivity index (χ1) is 14.5. The monoisotopic (exact) mass is 423 g/mol. The summed E-state index contributed by atoms with van der Waals surface area (Å²) >= 11 is 0. The van der Waals surface area contributed by atoms with Crippen LogP contribution in [0.4, 0.5) is 19.3 Å². The van der Waals surface area contributed by atoms with Crippen molar-refractivity contribution in [2.24, 2.45) is 10.9 Å². The van der Waals surface area contributed by atoms with E-state index in [1.165, 1.54) is 12.1 Å². The predicted molar refractivity (Wildman–Crippen MR) is 113 cm³/mol. The fraction of sp³-hybridized carbons (Fsp3) is 0.619. The van der Waals surface area contributed by atoms with E-state index < -0.39 is 17.7 Å². The van der Waals surface area contributed by atoms with Gasteiger partial charge in [-0.25, -0.2) is 13.6 Å². The molecule has 1 amide bonds. The van der Waals surface area contributed by atoms with E-state index in [0.717, 1.165) is 25.3 Å². The minimum Gasteiger partial charge on any atom is -0.450 e. The first kappa shape index (κ1) is 22.1. The molecule has 0 bridgehead atoms. The average molecular weight is 424 g/mol. The Morgan fingerprint density at radius 3 is 2.77 bits per heavy atom. The minimum atomic E-state index is -0.576. The van der Waals surface area contributed by atoms with Gasteiger partial charge in [0.15, 0.2) is 5.96 Å². The third-order valence-electron chi connectivity index (χ3n) is 5.34. The fourth-order valence-corrected chi connectivity index (χ4v) is 3.67. The third-order valence-corrected chi connectivity index (χ3v) is 5.34. The van der Waals surface area contributed by atoms with E-state index in [9.17, 15) is 13.6 Å². The quantitative estimate of drug-likeness (QED) is 0.443. The molecule has 1 heterocycles. The number of benzene rings is 1. The van der Waals surface area contributed by atoms with Crippen LogP contribution < -0.4 is 20.9 Å². The highest BCUT2D eigenvalue weighted by atomic mass is 19.1. The van der Waals surface area contributed by atoms with Crippen molar-refractivity contribution in [1.29, 1.82) is 0 Å². The van der Waals surface area contributed by atoms with E-state index in [-0.39, 0.29) is 12.1 Å². The molecule has 166 valence electrons. The SMILES string of the molecule is CCNC(=NCC(NC(=O)OCC)C1CC1)NC1CCN(c2ccc(F)cc2F)C1. The summed E-state index contributed by atoms with van der Waals surface area (Å²) in [6, 6.07) is 3.71. The third kappa shape index (κ3) is 6.21. The zero-order valence-corrected chi connectivity index (χ0v) is 17.6. The lowest BCUT2D eigenvalue weighted by Crippen LogP contribution is -2.46. The van der Waals surface area contributed by atoms with E-state index in [2.05, 4.69) is 20.9 Å². The molecule has 3 rings (SSSR count). The van der Waals surface area contributed by atoms with E-state index >= 15 is 0 Å². The van der Waals surface area contributed by atoms with Gasteiger partial charge in [-0.1, -0.05) is 0 Å². The smallest absolute Gasteiger partial charge is 0.407 e. The van der Waals surface area contributed by atoms with Crippen LogP contribution in [0.15, 0.2) is 23.2 Å². The molecule has 1 aromatic rings. The van der Waals surface area contributed by atoms with Gasteiger partial charge in [0.2, 0.25) is 0 Å². The van der Waals surface area contributed by atoms with Gasteiger partial charge in [-0.3, -0.25) is 4.99 Å². The van der Waals surface area contributed by atoms with Gasteiger partial charge in [-0.2, -0.15) is 0 Å². The standard InChI is InChI=1S/C21H31F2N5O2/c1-3-24-20(25-12-18(14-5-6-14)27-21(29)30-4-2)26-16-9-10-28(13-16)19-8-7-15(22)11-17(19)23/h7-8,11,14,16,18H,3-6,9-10,12-13H2,1-2H3,(H,27,29)(H2,24,25,26). The number of aliphatic imine (C=N–C) groups is 1. The second-order valence-corrected chi connectivity index (χ2v) is 7.70. The second kappa shape index (κ2) is 10.4. The number of rotatable bonds is 8. The van der Waals surface area contributed by atoms with Crippen LogP contribution in [0, 0.1) is 17.6 Å². The number of anilines is 1. The molecule has 3 N–H and O–H groups in total. The molecular weight excluding hydrogens is 392 g/mol. The molecule has 9 heteroatoms. The summed E-state index contributed by atoms with van der Waals surface area (Å²) in [6.07, 6.45) is 2.57. The number of nitrogens with zero attached hydrogens (tertiary/aromatic N) is 2. The van der Waals surface area contributed by atoms with Crippen LogP contribution in [0.2, 0.25) is 0 Å². The first-order valence-electron chi connectivity index (χ1n) is 10.7. The van der Waals surface area contributed by atoms with Crippen molar-refractivity contribution in [3.05, 3.63) is 29.8 Å². The molecule has 30 heavy (non-hydrogen) atoms. The average Bonchev–Trinajstić information content (AvgIpc) is 3.45. The molecule has 1 aliphatic carbocycles. The summed E-state index contributed by atoms with van der Waals surface area (Å²) in [5, 5.41) is 9.53. The molecule has 1 aromatic carbocycles. The van der Waals surface area contributed by atoms with Crippen LogP contribution in [-0.4, -0.2) is 56.9 Å². The van der Waals surface area contributed by atoms with Crippen molar-refractivity contribution in [2.45, 2.75) is 45.2 Å². The Labute approximate surface area is 176 Å². The van der Waals surface area contributed by atoms with Gasteiger partial charge in [-0.15, -0.1) is 0 Å². The number of alkyl carbamates (subject to hydrolysis) is 1. The summed E-state index contributed by atoms with van der Waals surface area (Å²) in [5.41, 5.74) is 0.412. The number of hydrogen-bond donors (Lipinski definition) is 3. The van der Waals surface area contributed by atoms with Gasteiger partial charge < -0.3 is 25.6 Å². The number of guanidine groups is 1. The van der Waals surface area contributed by atoms with E-state index in [4.69, 9.17) is 4.74 Å². The molecule has 2 atom stereocenters. The molecule has 1 saturated heterocycles. The Morgan fingerprint density at radius 2 is 2.10 bits per heavy atom. The summed E-state index contributed by atoms with van der Waals surface area (Å²) in [4.78, 5) is 18.4. The van der Waals surface area contributed by atoms with Gasteiger partial charge in [0.1, 0.15) is 11.6 Å². The number of nitrogens with one attached hydrogen (secondary N) is 3. The number of carbonyl (C=O) groups is 1. The van der Waals surface area contributed by atoms with Crippen LogP contribution in [-0.2, 0) is 4.74 Å². The molecular formula is C21H31F2N5O2.